The Bertz CT molecular complexity index is 503. The van der Waals surface area contributed by atoms with Crippen molar-refractivity contribution in [2.75, 3.05) is 0 Å². The van der Waals surface area contributed by atoms with Crippen LogP contribution in [0, 0.1) is 13.8 Å². The SMILES string of the molecule is Cc1ccc(CC(=O)c2cn[nH]n2)cc1C. The van der Waals surface area contributed by atoms with Crippen LogP contribution in [0.4, 0.5) is 0 Å². The zero-order chi connectivity index (χ0) is 11.5. The number of H-pyrrole nitrogens is 1. The maximum Gasteiger partial charge on any atom is 0.189 e. The lowest BCUT2D eigenvalue weighted by Crippen LogP contribution is -2.04. The van der Waals surface area contributed by atoms with E-state index >= 15 is 0 Å². The molecule has 0 aliphatic rings. The largest absolute Gasteiger partial charge is 0.292 e. The first-order valence-corrected chi connectivity index (χ1v) is 5.12. The fraction of sp³-hybridized carbons (Fsp3) is 0.250. The molecule has 0 amide bonds. The normalized spacial score (nSPS) is 10.4. The molecule has 0 radical (unpaired) electrons. The molecular formula is C12H13N3O. The molecule has 0 atom stereocenters. The third-order valence-corrected chi connectivity index (χ3v) is 2.64. The number of rotatable bonds is 3. The van der Waals surface area contributed by atoms with E-state index in [9.17, 15) is 4.79 Å². The molecule has 16 heavy (non-hydrogen) atoms. The Kier molecular flexibility index (Phi) is 2.81. The molecule has 0 bridgehead atoms. The molecular weight excluding hydrogens is 202 g/mol. The van der Waals surface area contributed by atoms with Crippen molar-refractivity contribution in [3.63, 3.8) is 0 Å². The van der Waals surface area contributed by atoms with Crippen molar-refractivity contribution in [2.24, 2.45) is 0 Å². The number of nitrogens with zero attached hydrogens (tertiary/aromatic N) is 2. The van der Waals surface area contributed by atoms with Crippen LogP contribution >= 0.6 is 0 Å². The van der Waals surface area contributed by atoms with Crippen LogP contribution in [0.25, 0.3) is 0 Å². The van der Waals surface area contributed by atoms with Gasteiger partial charge in [0, 0.05) is 6.42 Å². The number of hydrogen-bond donors (Lipinski definition) is 1. The summed E-state index contributed by atoms with van der Waals surface area (Å²) in [5.41, 5.74) is 3.83. The van der Waals surface area contributed by atoms with Crippen LogP contribution in [0.1, 0.15) is 27.2 Å². The fourth-order valence-electron chi connectivity index (χ4n) is 1.53. The van der Waals surface area contributed by atoms with Crippen LogP contribution in [-0.2, 0) is 6.42 Å². The van der Waals surface area contributed by atoms with Gasteiger partial charge in [-0.05, 0) is 30.5 Å². The molecule has 0 spiro atoms. The lowest BCUT2D eigenvalue weighted by molar-refractivity contribution is 0.0988. The molecule has 1 heterocycles. The maximum absolute atomic E-state index is 11.7. The van der Waals surface area contributed by atoms with Gasteiger partial charge in [-0.1, -0.05) is 18.2 Å². The molecule has 1 N–H and O–H groups in total. The van der Waals surface area contributed by atoms with Crippen molar-refractivity contribution in [2.45, 2.75) is 20.3 Å². The summed E-state index contributed by atoms with van der Waals surface area (Å²) in [6, 6.07) is 6.04. The second kappa shape index (κ2) is 4.26. The molecule has 1 aromatic heterocycles. The highest BCUT2D eigenvalue weighted by Gasteiger charge is 2.09. The highest BCUT2D eigenvalue weighted by molar-refractivity contribution is 5.95. The summed E-state index contributed by atoms with van der Waals surface area (Å²) in [6.45, 7) is 4.10. The summed E-state index contributed by atoms with van der Waals surface area (Å²) >= 11 is 0. The Morgan fingerprint density at radius 1 is 1.31 bits per heavy atom. The van der Waals surface area contributed by atoms with Crippen LogP contribution in [0.15, 0.2) is 24.4 Å². The van der Waals surface area contributed by atoms with Gasteiger partial charge in [-0.15, -0.1) is 0 Å². The van der Waals surface area contributed by atoms with Gasteiger partial charge in [-0.3, -0.25) is 4.79 Å². The third kappa shape index (κ3) is 2.16. The highest BCUT2D eigenvalue weighted by Crippen LogP contribution is 2.11. The molecule has 2 aromatic rings. The summed E-state index contributed by atoms with van der Waals surface area (Å²) in [6.07, 6.45) is 1.82. The van der Waals surface area contributed by atoms with Gasteiger partial charge in [-0.25, -0.2) is 0 Å². The lowest BCUT2D eigenvalue weighted by Gasteiger charge is -2.03. The second-order valence-electron chi connectivity index (χ2n) is 3.87. The minimum Gasteiger partial charge on any atom is -0.292 e. The average Bonchev–Trinajstić information content (AvgIpc) is 2.77. The molecule has 0 unspecified atom stereocenters. The van der Waals surface area contributed by atoms with Gasteiger partial charge in [0.2, 0.25) is 0 Å². The number of carbonyl (C=O) groups is 1. The minimum absolute atomic E-state index is 0.0167. The topological polar surface area (TPSA) is 58.6 Å². The minimum atomic E-state index is -0.0167. The quantitative estimate of drug-likeness (QED) is 0.795. The van der Waals surface area contributed by atoms with Crippen molar-refractivity contribution in [3.8, 4) is 0 Å². The number of benzene rings is 1. The zero-order valence-electron chi connectivity index (χ0n) is 9.32. The monoisotopic (exact) mass is 215 g/mol. The van der Waals surface area contributed by atoms with Crippen molar-refractivity contribution in [3.05, 3.63) is 46.8 Å². The fourth-order valence-corrected chi connectivity index (χ4v) is 1.53. The Morgan fingerprint density at radius 2 is 2.12 bits per heavy atom. The predicted molar refractivity (Wildman–Crippen MR) is 60.3 cm³/mol. The second-order valence-corrected chi connectivity index (χ2v) is 3.87. The summed E-state index contributed by atoms with van der Waals surface area (Å²) in [4.78, 5) is 11.7. The predicted octanol–water partition coefficient (Wildman–Crippen LogP) is 1.85. The number of aromatic amines is 1. The molecule has 1 aromatic carbocycles. The molecule has 0 saturated carbocycles. The van der Waals surface area contributed by atoms with E-state index in [-0.39, 0.29) is 5.78 Å². The van der Waals surface area contributed by atoms with Gasteiger partial charge in [0.1, 0.15) is 5.69 Å². The van der Waals surface area contributed by atoms with E-state index in [1.54, 1.807) is 0 Å². The summed E-state index contributed by atoms with van der Waals surface area (Å²) < 4.78 is 0. The van der Waals surface area contributed by atoms with E-state index in [1.807, 2.05) is 25.1 Å². The number of ketones is 1. The molecule has 0 aliphatic heterocycles. The Labute approximate surface area is 93.7 Å². The van der Waals surface area contributed by atoms with E-state index in [2.05, 4.69) is 22.3 Å². The van der Waals surface area contributed by atoms with Crippen LogP contribution in [0.2, 0.25) is 0 Å². The number of nitrogens with one attached hydrogen (secondary N) is 1. The van der Waals surface area contributed by atoms with Gasteiger partial charge in [0.25, 0.3) is 0 Å². The van der Waals surface area contributed by atoms with Gasteiger partial charge >= 0.3 is 0 Å². The Morgan fingerprint density at radius 3 is 2.75 bits per heavy atom. The van der Waals surface area contributed by atoms with E-state index in [0.717, 1.165) is 5.56 Å². The Balaban J connectivity index is 2.15. The van der Waals surface area contributed by atoms with Gasteiger partial charge < -0.3 is 0 Å². The van der Waals surface area contributed by atoms with Crippen molar-refractivity contribution in [1.29, 1.82) is 0 Å². The summed E-state index contributed by atoms with van der Waals surface area (Å²) in [7, 11) is 0. The number of hydrogen-bond acceptors (Lipinski definition) is 3. The molecule has 0 fully saturated rings. The third-order valence-electron chi connectivity index (χ3n) is 2.64. The van der Waals surface area contributed by atoms with E-state index in [4.69, 9.17) is 0 Å². The molecule has 0 aliphatic carbocycles. The van der Waals surface area contributed by atoms with Crippen LogP contribution in [0.5, 0.6) is 0 Å². The molecule has 4 heteroatoms. The molecule has 4 nitrogen and oxygen atoms in total. The van der Waals surface area contributed by atoms with Crippen LogP contribution < -0.4 is 0 Å². The van der Waals surface area contributed by atoms with E-state index in [0.29, 0.717) is 12.1 Å². The molecule has 2 rings (SSSR count). The number of carbonyl (C=O) groups excluding carboxylic acids is 1. The van der Waals surface area contributed by atoms with Gasteiger partial charge in [0.15, 0.2) is 5.78 Å². The van der Waals surface area contributed by atoms with Gasteiger partial charge in [-0.2, -0.15) is 15.4 Å². The van der Waals surface area contributed by atoms with Crippen molar-refractivity contribution in [1.82, 2.24) is 15.4 Å². The van der Waals surface area contributed by atoms with Crippen LogP contribution in [-0.4, -0.2) is 21.2 Å². The van der Waals surface area contributed by atoms with Crippen molar-refractivity contribution < 1.29 is 4.79 Å². The standard InChI is InChI=1S/C12H13N3O/c1-8-3-4-10(5-9(8)2)6-12(16)11-7-13-15-14-11/h3-5,7H,6H2,1-2H3,(H,13,14,15). The van der Waals surface area contributed by atoms with Crippen molar-refractivity contribution >= 4 is 5.78 Å². The summed E-state index contributed by atoms with van der Waals surface area (Å²) in [5, 5.41) is 9.82. The highest BCUT2D eigenvalue weighted by atomic mass is 16.1. The first kappa shape index (κ1) is 10.5. The van der Waals surface area contributed by atoms with Crippen LogP contribution in [0.3, 0.4) is 0 Å². The van der Waals surface area contributed by atoms with E-state index in [1.165, 1.54) is 17.3 Å². The Hall–Kier alpha value is -1.97. The number of aromatic nitrogens is 3. The zero-order valence-corrected chi connectivity index (χ0v) is 9.32. The summed E-state index contributed by atoms with van der Waals surface area (Å²) in [5.74, 6) is -0.0167. The molecule has 0 saturated heterocycles. The average molecular weight is 215 g/mol. The lowest BCUT2D eigenvalue weighted by atomic mass is 10.0. The number of Topliss-reactive ketones (excluding diaryl/α,β-unsaturated/α-hetero) is 1. The smallest absolute Gasteiger partial charge is 0.189 e. The van der Waals surface area contributed by atoms with E-state index < -0.39 is 0 Å². The first-order valence-electron chi connectivity index (χ1n) is 5.12. The number of aryl methyl sites for hydroxylation is 2. The van der Waals surface area contributed by atoms with Gasteiger partial charge in [0.05, 0.1) is 6.20 Å². The first-order chi connectivity index (χ1) is 7.66. The maximum atomic E-state index is 11.7. The molecule has 82 valence electrons.